The molecule has 0 bridgehead atoms. The van der Waals surface area contributed by atoms with E-state index in [1.807, 2.05) is 12.1 Å². The Bertz CT molecular complexity index is 1650. The molecule has 1 spiro atoms. The summed E-state index contributed by atoms with van der Waals surface area (Å²) in [5.74, 6) is 0.691. The van der Waals surface area contributed by atoms with Crippen LogP contribution in [0.3, 0.4) is 0 Å². The van der Waals surface area contributed by atoms with Crippen LogP contribution in [0, 0.1) is 12.0 Å². The van der Waals surface area contributed by atoms with Crippen LogP contribution in [0.2, 0.25) is 5.02 Å². The van der Waals surface area contributed by atoms with Gasteiger partial charge in [0.2, 0.25) is 12.5 Å². The van der Waals surface area contributed by atoms with Gasteiger partial charge in [0, 0.05) is 42.8 Å². The Balaban J connectivity index is 1.16. The molecule has 3 heterocycles. The fourth-order valence-corrected chi connectivity index (χ4v) is 7.88. The maximum atomic E-state index is 12.6. The minimum Gasteiger partial charge on any atom is -0.461 e. The average molecular weight is 627 g/mol. The third kappa shape index (κ3) is 5.82. The zero-order chi connectivity index (χ0) is 31.0. The van der Waals surface area contributed by atoms with E-state index in [2.05, 4.69) is 45.5 Å². The van der Waals surface area contributed by atoms with Crippen LogP contribution in [0.1, 0.15) is 43.4 Å². The molecule has 1 saturated heterocycles. The summed E-state index contributed by atoms with van der Waals surface area (Å²) in [5.41, 5.74) is 3.53. The van der Waals surface area contributed by atoms with Crippen LogP contribution in [0.25, 0.3) is 15.6 Å². The Hall–Kier alpha value is -3.87. The number of ether oxygens (including phenoxy) is 2. The van der Waals surface area contributed by atoms with E-state index in [0.29, 0.717) is 56.9 Å². The number of rotatable bonds is 9. The molecule has 7 rings (SSSR count). The molecule has 10 heteroatoms. The number of halogens is 1. The lowest BCUT2D eigenvalue weighted by Gasteiger charge is -2.41. The highest BCUT2D eigenvalue weighted by Crippen LogP contribution is 2.58. The number of aromatic nitrogens is 2. The van der Waals surface area contributed by atoms with Crippen molar-refractivity contribution in [3.63, 3.8) is 0 Å². The van der Waals surface area contributed by atoms with E-state index in [9.17, 15) is 4.79 Å². The molecule has 1 amide bonds. The Morgan fingerprint density at radius 3 is 2.76 bits per heavy atom. The molecule has 1 unspecified atom stereocenters. The van der Waals surface area contributed by atoms with Gasteiger partial charge in [-0.1, -0.05) is 48.9 Å². The van der Waals surface area contributed by atoms with Crippen molar-refractivity contribution in [2.45, 2.75) is 57.2 Å². The van der Waals surface area contributed by atoms with Crippen LogP contribution in [0.5, 0.6) is 6.01 Å². The molecule has 2 aliphatic carbocycles. The summed E-state index contributed by atoms with van der Waals surface area (Å²) in [4.78, 5) is 32.4. The Labute approximate surface area is 269 Å². The van der Waals surface area contributed by atoms with Gasteiger partial charge in [-0.2, -0.15) is 9.97 Å². The quantitative estimate of drug-likeness (QED) is 0.171. The van der Waals surface area contributed by atoms with Crippen LogP contribution in [0.4, 0.5) is 11.5 Å². The smallest absolute Gasteiger partial charge is 0.318 e. The van der Waals surface area contributed by atoms with Crippen LogP contribution < -0.4 is 14.5 Å². The van der Waals surface area contributed by atoms with Gasteiger partial charge in [-0.15, -0.1) is 0 Å². The molecule has 0 N–H and O–H groups in total. The number of benzene rings is 2. The topological polar surface area (TPSA) is 75.4 Å². The number of fused-ring (bicyclic) bond motifs is 2. The summed E-state index contributed by atoms with van der Waals surface area (Å²) in [6, 6.07) is 12.4. The van der Waals surface area contributed by atoms with Gasteiger partial charge >= 0.3 is 6.01 Å². The first kappa shape index (κ1) is 29.8. The Morgan fingerprint density at radius 1 is 1.11 bits per heavy atom. The summed E-state index contributed by atoms with van der Waals surface area (Å²) >= 11 is 6.71. The minimum atomic E-state index is -0.246. The van der Waals surface area contributed by atoms with Gasteiger partial charge < -0.3 is 29.0 Å². The first-order valence-corrected chi connectivity index (χ1v) is 16.4. The lowest BCUT2D eigenvalue weighted by molar-refractivity contribution is -0.128. The molecular weight excluding hydrogens is 588 g/mol. The van der Waals surface area contributed by atoms with Gasteiger partial charge in [0.05, 0.1) is 30.0 Å². The molecular formula is C35H39ClN6O3. The standard InChI is InChI=1S/C35H39ClN6O3/c1-3-31(43)42-18-17-41(22-25(42)21-37-2)33-26-12-16-40(29-10-5-8-24-7-4-9-27(36)32(24)29)23-28(26)38-34(39-33)45-20-19-44-30-11-6-13-35(30)14-15-35/h3-5,7-10,25,30H,1,6,11-23H2/t25-,30?/m0/s1. The lowest BCUT2D eigenvalue weighted by atomic mass is 10.0. The third-order valence-corrected chi connectivity index (χ3v) is 10.4. The van der Waals surface area contributed by atoms with Crippen molar-refractivity contribution in [1.29, 1.82) is 0 Å². The summed E-state index contributed by atoms with van der Waals surface area (Å²) < 4.78 is 12.5. The van der Waals surface area contributed by atoms with Crippen LogP contribution in [-0.2, 0) is 22.5 Å². The largest absolute Gasteiger partial charge is 0.461 e. The van der Waals surface area contributed by atoms with E-state index in [-0.39, 0.29) is 18.5 Å². The number of carbonyl (C=O) groups is 1. The Kier molecular flexibility index (Phi) is 8.28. The number of hydrogen-bond donors (Lipinski definition) is 0. The predicted molar refractivity (Wildman–Crippen MR) is 176 cm³/mol. The van der Waals surface area contributed by atoms with Gasteiger partial charge in [-0.3, -0.25) is 4.79 Å². The van der Waals surface area contributed by atoms with Crippen molar-refractivity contribution in [3.8, 4) is 6.01 Å². The van der Waals surface area contributed by atoms with E-state index >= 15 is 0 Å². The number of piperazine rings is 1. The highest BCUT2D eigenvalue weighted by molar-refractivity contribution is 6.36. The van der Waals surface area contributed by atoms with E-state index in [4.69, 9.17) is 37.6 Å². The number of anilines is 2. The number of carbonyl (C=O) groups excluding carboxylic acids is 1. The molecule has 45 heavy (non-hydrogen) atoms. The van der Waals surface area contributed by atoms with Crippen LogP contribution >= 0.6 is 11.6 Å². The van der Waals surface area contributed by atoms with E-state index in [1.54, 1.807) is 4.90 Å². The van der Waals surface area contributed by atoms with Crippen molar-refractivity contribution in [1.82, 2.24) is 14.9 Å². The normalized spacial score (nSPS) is 21.9. The third-order valence-electron chi connectivity index (χ3n) is 10.1. The molecule has 0 radical (unpaired) electrons. The lowest BCUT2D eigenvalue weighted by Crippen LogP contribution is -2.56. The van der Waals surface area contributed by atoms with E-state index in [0.717, 1.165) is 57.9 Å². The molecule has 2 saturated carbocycles. The second-order valence-electron chi connectivity index (χ2n) is 12.7. The van der Waals surface area contributed by atoms with Gasteiger partial charge in [0.15, 0.2) is 0 Å². The Morgan fingerprint density at radius 2 is 1.96 bits per heavy atom. The first-order valence-electron chi connectivity index (χ1n) is 16.1. The van der Waals surface area contributed by atoms with Gasteiger partial charge in [-0.25, -0.2) is 6.57 Å². The molecule has 9 nitrogen and oxygen atoms in total. The molecule has 234 valence electrons. The zero-order valence-corrected chi connectivity index (χ0v) is 26.3. The predicted octanol–water partition coefficient (Wildman–Crippen LogP) is 5.70. The van der Waals surface area contributed by atoms with Gasteiger partial charge in [-0.05, 0) is 61.1 Å². The second-order valence-corrected chi connectivity index (χ2v) is 13.1. The second kappa shape index (κ2) is 12.5. The van der Waals surface area contributed by atoms with E-state index < -0.39 is 0 Å². The molecule has 2 aliphatic heterocycles. The van der Waals surface area contributed by atoms with Crippen molar-refractivity contribution in [3.05, 3.63) is 76.8 Å². The average Bonchev–Trinajstić information content (AvgIpc) is 3.74. The number of hydrogen-bond acceptors (Lipinski definition) is 7. The highest BCUT2D eigenvalue weighted by Gasteiger charge is 2.52. The fraction of sp³-hybridized carbons (Fsp3) is 0.486. The fourth-order valence-electron chi connectivity index (χ4n) is 7.60. The van der Waals surface area contributed by atoms with E-state index in [1.165, 1.54) is 31.8 Å². The summed E-state index contributed by atoms with van der Waals surface area (Å²) in [6.07, 6.45) is 8.67. The van der Waals surface area contributed by atoms with Crippen molar-refractivity contribution in [2.24, 2.45) is 5.41 Å². The minimum absolute atomic E-state index is 0.142. The number of amides is 1. The highest BCUT2D eigenvalue weighted by atomic mass is 35.5. The maximum Gasteiger partial charge on any atom is 0.318 e. The molecule has 3 aromatic rings. The van der Waals surface area contributed by atoms with Crippen molar-refractivity contribution >= 4 is 39.8 Å². The zero-order valence-electron chi connectivity index (χ0n) is 25.6. The van der Waals surface area contributed by atoms with Gasteiger partial charge in [0.1, 0.15) is 18.5 Å². The maximum absolute atomic E-state index is 12.6. The van der Waals surface area contributed by atoms with Crippen molar-refractivity contribution < 1.29 is 14.3 Å². The summed E-state index contributed by atoms with van der Waals surface area (Å²) in [6.45, 7) is 15.3. The molecule has 4 aliphatic rings. The SMILES string of the molecule is [C-]#[N+]C[C@H]1CN(c2nc(OCCOC3CCCC34CC4)nc3c2CCN(c2cccc4cccc(Cl)c24)C3)CCN1C(=O)C=C. The first-order chi connectivity index (χ1) is 22.0. The van der Waals surface area contributed by atoms with Crippen molar-refractivity contribution in [2.75, 3.05) is 55.7 Å². The number of nitrogens with zero attached hydrogens (tertiary/aromatic N) is 6. The summed E-state index contributed by atoms with van der Waals surface area (Å²) in [7, 11) is 0. The molecule has 2 atom stereocenters. The molecule has 3 fully saturated rings. The molecule has 2 aromatic carbocycles. The van der Waals surface area contributed by atoms with Crippen LogP contribution in [-0.4, -0.2) is 78.9 Å². The molecule has 1 aromatic heterocycles. The van der Waals surface area contributed by atoms with Gasteiger partial charge in [0.25, 0.3) is 0 Å². The summed E-state index contributed by atoms with van der Waals surface area (Å²) in [5, 5.41) is 2.87. The van der Waals surface area contributed by atoms with Crippen LogP contribution in [0.15, 0.2) is 49.1 Å². The monoisotopic (exact) mass is 626 g/mol.